The first-order valence-corrected chi connectivity index (χ1v) is 10.8. The summed E-state index contributed by atoms with van der Waals surface area (Å²) in [5, 5.41) is 2.01. The Kier molecular flexibility index (Phi) is 4.68. The fraction of sp³-hybridized carbons (Fsp3) is 0.250. The topological polar surface area (TPSA) is 46.3 Å². The number of hydrogen-bond acceptors (Lipinski definition) is 4. The van der Waals surface area contributed by atoms with Gasteiger partial charge in [-0.25, -0.2) is 4.98 Å². The van der Waals surface area contributed by atoms with E-state index in [-0.39, 0.29) is 11.9 Å². The van der Waals surface area contributed by atoms with E-state index in [1.807, 2.05) is 28.5 Å². The largest absolute Gasteiger partial charge is 0.438 e. The first-order chi connectivity index (χ1) is 14.2. The van der Waals surface area contributed by atoms with E-state index < -0.39 is 0 Å². The van der Waals surface area contributed by atoms with Crippen molar-refractivity contribution in [3.63, 3.8) is 0 Å². The fourth-order valence-corrected chi connectivity index (χ4v) is 4.77. The number of likely N-dealkylation sites (tertiary alicyclic amines) is 1. The molecule has 2 aromatic carbocycles. The van der Waals surface area contributed by atoms with E-state index >= 15 is 0 Å². The Balaban J connectivity index is 1.43. The zero-order chi connectivity index (χ0) is 19.8. The second kappa shape index (κ2) is 7.48. The Morgan fingerprint density at radius 2 is 2.07 bits per heavy atom. The number of amides is 1. The molecule has 0 radical (unpaired) electrons. The van der Waals surface area contributed by atoms with Crippen LogP contribution in [0.15, 0.2) is 64.4 Å². The second-order valence-corrected chi connectivity index (χ2v) is 8.64. The van der Waals surface area contributed by atoms with E-state index in [0.29, 0.717) is 12.3 Å². The SMILES string of the molecule is Cc1cccc(-c2ccc3oc([C@@H]4CCCN4C(=O)Cc4cccs4)nc3c2)c1. The molecule has 0 unspecified atom stereocenters. The van der Waals surface area contributed by atoms with E-state index in [1.165, 1.54) is 11.1 Å². The average Bonchev–Trinajstić information content (AvgIpc) is 3.47. The molecule has 0 aliphatic carbocycles. The minimum absolute atomic E-state index is 0.0720. The van der Waals surface area contributed by atoms with Gasteiger partial charge in [-0.3, -0.25) is 4.79 Å². The molecule has 5 heteroatoms. The van der Waals surface area contributed by atoms with E-state index in [4.69, 9.17) is 9.40 Å². The molecule has 1 amide bonds. The Labute approximate surface area is 173 Å². The highest BCUT2D eigenvalue weighted by Crippen LogP contribution is 2.35. The number of hydrogen-bond donors (Lipinski definition) is 0. The van der Waals surface area contributed by atoms with Gasteiger partial charge in [-0.1, -0.05) is 42.0 Å². The summed E-state index contributed by atoms with van der Waals surface area (Å²) in [7, 11) is 0. The van der Waals surface area contributed by atoms with Gasteiger partial charge in [0.25, 0.3) is 0 Å². The molecule has 1 atom stereocenters. The average molecular weight is 403 g/mol. The van der Waals surface area contributed by atoms with Gasteiger partial charge in [0.15, 0.2) is 5.58 Å². The maximum Gasteiger partial charge on any atom is 0.228 e. The summed E-state index contributed by atoms with van der Waals surface area (Å²) in [6.45, 7) is 2.86. The molecular formula is C24H22N2O2S. The molecule has 29 heavy (non-hydrogen) atoms. The third kappa shape index (κ3) is 3.58. The normalized spacial score (nSPS) is 16.6. The quantitative estimate of drug-likeness (QED) is 0.435. The number of thiophene rings is 1. The number of carbonyl (C=O) groups excluding carboxylic acids is 1. The van der Waals surface area contributed by atoms with Gasteiger partial charge in [0.05, 0.1) is 6.42 Å². The highest BCUT2D eigenvalue weighted by atomic mass is 32.1. The molecule has 0 N–H and O–H groups in total. The Bertz CT molecular complexity index is 1160. The van der Waals surface area contributed by atoms with E-state index in [0.717, 1.165) is 40.9 Å². The molecule has 4 nitrogen and oxygen atoms in total. The van der Waals surface area contributed by atoms with Gasteiger partial charge in [-0.15, -0.1) is 11.3 Å². The summed E-state index contributed by atoms with van der Waals surface area (Å²) in [5.74, 6) is 0.802. The molecule has 0 spiro atoms. The van der Waals surface area contributed by atoms with E-state index in [2.05, 4.69) is 43.3 Å². The summed E-state index contributed by atoms with van der Waals surface area (Å²) < 4.78 is 6.08. The fourth-order valence-electron chi connectivity index (χ4n) is 4.08. The van der Waals surface area contributed by atoms with Crippen LogP contribution in [0, 0.1) is 6.92 Å². The van der Waals surface area contributed by atoms with Crippen molar-refractivity contribution in [2.45, 2.75) is 32.2 Å². The van der Waals surface area contributed by atoms with Crippen LogP contribution in [0.4, 0.5) is 0 Å². The Morgan fingerprint density at radius 3 is 2.90 bits per heavy atom. The van der Waals surface area contributed by atoms with E-state index in [9.17, 15) is 4.79 Å². The molecule has 146 valence electrons. The van der Waals surface area contributed by atoms with Gasteiger partial charge < -0.3 is 9.32 Å². The summed E-state index contributed by atoms with van der Waals surface area (Å²) in [6.07, 6.45) is 2.33. The van der Waals surface area contributed by atoms with Crippen LogP contribution in [0.25, 0.3) is 22.2 Å². The lowest BCUT2D eigenvalue weighted by Crippen LogP contribution is -2.31. The van der Waals surface area contributed by atoms with Crippen LogP contribution in [-0.2, 0) is 11.2 Å². The van der Waals surface area contributed by atoms with Gasteiger partial charge in [0, 0.05) is 11.4 Å². The van der Waals surface area contributed by atoms with Gasteiger partial charge >= 0.3 is 0 Å². The molecule has 1 aliphatic rings. The van der Waals surface area contributed by atoms with Gasteiger partial charge in [-0.2, -0.15) is 0 Å². The first-order valence-electron chi connectivity index (χ1n) is 9.97. The van der Waals surface area contributed by atoms with Crippen LogP contribution in [0.2, 0.25) is 0 Å². The lowest BCUT2D eigenvalue weighted by atomic mass is 10.0. The number of benzene rings is 2. The molecule has 5 rings (SSSR count). The minimum Gasteiger partial charge on any atom is -0.438 e. The van der Waals surface area contributed by atoms with Gasteiger partial charge in [0.2, 0.25) is 11.8 Å². The number of aromatic nitrogens is 1. The number of fused-ring (bicyclic) bond motifs is 1. The van der Waals surface area contributed by atoms with Crippen molar-refractivity contribution in [1.82, 2.24) is 9.88 Å². The summed E-state index contributed by atoms with van der Waals surface area (Å²) >= 11 is 1.62. The Morgan fingerprint density at radius 1 is 1.17 bits per heavy atom. The van der Waals surface area contributed by atoms with Crippen molar-refractivity contribution in [2.75, 3.05) is 6.54 Å². The summed E-state index contributed by atoms with van der Waals surface area (Å²) in [6, 6.07) is 18.5. The molecular weight excluding hydrogens is 380 g/mol. The minimum atomic E-state index is -0.0720. The number of carbonyl (C=O) groups is 1. The van der Waals surface area contributed by atoms with Crippen LogP contribution < -0.4 is 0 Å². The predicted octanol–water partition coefficient (Wildman–Crippen LogP) is 5.77. The zero-order valence-corrected chi connectivity index (χ0v) is 17.1. The zero-order valence-electron chi connectivity index (χ0n) is 16.3. The molecule has 0 bridgehead atoms. The third-order valence-corrected chi connectivity index (χ3v) is 6.40. The van der Waals surface area contributed by atoms with E-state index in [1.54, 1.807) is 11.3 Å². The first kappa shape index (κ1) is 18.1. The van der Waals surface area contributed by atoms with Crippen molar-refractivity contribution in [1.29, 1.82) is 0 Å². The number of nitrogens with zero attached hydrogens (tertiary/aromatic N) is 2. The van der Waals surface area contributed by atoms with Gasteiger partial charge in [-0.05, 0) is 54.5 Å². The molecule has 1 fully saturated rings. The predicted molar refractivity (Wildman–Crippen MR) is 116 cm³/mol. The van der Waals surface area contributed by atoms with Gasteiger partial charge in [0.1, 0.15) is 11.6 Å². The summed E-state index contributed by atoms with van der Waals surface area (Å²) in [4.78, 5) is 20.7. The lowest BCUT2D eigenvalue weighted by molar-refractivity contribution is -0.131. The third-order valence-electron chi connectivity index (χ3n) is 5.52. The lowest BCUT2D eigenvalue weighted by Gasteiger charge is -2.22. The molecule has 1 aliphatic heterocycles. The van der Waals surface area contributed by atoms with Crippen molar-refractivity contribution >= 4 is 28.3 Å². The highest BCUT2D eigenvalue weighted by molar-refractivity contribution is 7.10. The van der Waals surface area contributed by atoms with Crippen molar-refractivity contribution in [3.8, 4) is 11.1 Å². The smallest absolute Gasteiger partial charge is 0.228 e. The number of rotatable bonds is 4. The summed E-state index contributed by atoms with van der Waals surface area (Å²) in [5.41, 5.74) is 5.14. The Hall–Kier alpha value is -2.92. The maximum absolute atomic E-state index is 12.8. The molecule has 4 aromatic rings. The molecule has 3 heterocycles. The van der Waals surface area contributed by atoms with Crippen LogP contribution in [0.1, 0.15) is 35.2 Å². The standard InChI is InChI=1S/C24H22N2O2S/c1-16-5-2-6-17(13-16)18-9-10-22-20(14-18)25-24(28-22)21-8-3-11-26(21)23(27)15-19-7-4-12-29-19/h2,4-7,9-10,12-14,21H,3,8,11,15H2,1H3/t21-/m0/s1. The monoisotopic (exact) mass is 402 g/mol. The number of oxazole rings is 1. The van der Waals surface area contributed by atoms with Crippen LogP contribution in [0.5, 0.6) is 0 Å². The number of aryl methyl sites for hydroxylation is 1. The highest BCUT2D eigenvalue weighted by Gasteiger charge is 2.33. The molecule has 0 saturated carbocycles. The molecule has 1 saturated heterocycles. The van der Waals surface area contributed by atoms with Crippen molar-refractivity contribution < 1.29 is 9.21 Å². The van der Waals surface area contributed by atoms with Crippen molar-refractivity contribution in [3.05, 3.63) is 76.3 Å². The van der Waals surface area contributed by atoms with Crippen LogP contribution in [-0.4, -0.2) is 22.3 Å². The second-order valence-electron chi connectivity index (χ2n) is 7.61. The van der Waals surface area contributed by atoms with Crippen LogP contribution >= 0.6 is 11.3 Å². The molecule has 2 aromatic heterocycles. The maximum atomic E-state index is 12.8. The van der Waals surface area contributed by atoms with Crippen LogP contribution in [0.3, 0.4) is 0 Å². The van der Waals surface area contributed by atoms with Crippen molar-refractivity contribution in [2.24, 2.45) is 0 Å².